The molecule has 0 radical (unpaired) electrons. The summed E-state index contributed by atoms with van der Waals surface area (Å²) in [6, 6.07) is 10.8. The maximum Gasteiger partial charge on any atom is 0.0233 e. The monoisotopic (exact) mass is 234 g/mol. The summed E-state index contributed by atoms with van der Waals surface area (Å²) >= 11 is 0. The summed E-state index contributed by atoms with van der Waals surface area (Å²) in [4.78, 5) is 2.55. The van der Waals surface area contributed by atoms with Crippen LogP contribution in [0.15, 0.2) is 30.3 Å². The highest BCUT2D eigenvalue weighted by atomic mass is 15.1. The fourth-order valence-corrected chi connectivity index (χ4v) is 2.07. The van der Waals surface area contributed by atoms with Crippen LogP contribution in [0.2, 0.25) is 0 Å². The van der Waals surface area contributed by atoms with Gasteiger partial charge in [-0.05, 0) is 38.0 Å². The lowest BCUT2D eigenvalue weighted by atomic mass is 10.1. The molecule has 0 spiro atoms. The van der Waals surface area contributed by atoms with Crippen molar-refractivity contribution >= 4 is 0 Å². The third kappa shape index (κ3) is 6.44. The van der Waals surface area contributed by atoms with Gasteiger partial charge in [-0.2, -0.15) is 0 Å². The first kappa shape index (κ1) is 14.2. The van der Waals surface area contributed by atoms with E-state index in [0.29, 0.717) is 0 Å². The van der Waals surface area contributed by atoms with Crippen molar-refractivity contribution in [3.8, 4) is 0 Å². The van der Waals surface area contributed by atoms with Crippen LogP contribution in [0.25, 0.3) is 0 Å². The summed E-state index contributed by atoms with van der Waals surface area (Å²) in [5.74, 6) is 0.730. The number of benzene rings is 1. The Bertz CT molecular complexity index is 282. The van der Waals surface area contributed by atoms with Gasteiger partial charge >= 0.3 is 0 Å². The van der Waals surface area contributed by atoms with Crippen molar-refractivity contribution in [3.05, 3.63) is 35.9 Å². The quantitative estimate of drug-likeness (QED) is 0.696. The molecular formula is C15H26N2. The van der Waals surface area contributed by atoms with Gasteiger partial charge in [0.15, 0.2) is 0 Å². The van der Waals surface area contributed by atoms with Crippen molar-refractivity contribution in [2.45, 2.75) is 26.8 Å². The lowest BCUT2D eigenvalue weighted by Gasteiger charge is -2.24. The molecule has 0 atom stereocenters. The molecule has 0 unspecified atom stereocenters. The Morgan fingerprint density at radius 2 is 1.88 bits per heavy atom. The molecule has 0 saturated heterocycles. The molecule has 0 bridgehead atoms. The fourth-order valence-electron chi connectivity index (χ4n) is 2.07. The number of rotatable bonds is 8. The molecule has 0 aliphatic carbocycles. The normalized spacial score (nSPS) is 11.4. The maximum absolute atomic E-state index is 3.21. The molecule has 2 heteroatoms. The van der Waals surface area contributed by atoms with Crippen LogP contribution in [0.3, 0.4) is 0 Å². The van der Waals surface area contributed by atoms with Crippen LogP contribution in [-0.4, -0.2) is 31.6 Å². The Morgan fingerprint density at radius 1 is 1.18 bits per heavy atom. The van der Waals surface area contributed by atoms with E-state index >= 15 is 0 Å². The molecule has 0 amide bonds. The van der Waals surface area contributed by atoms with E-state index < -0.39 is 0 Å². The predicted octanol–water partition coefficient (Wildman–Crippen LogP) is 2.75. The first-order valence-corrected chi connectivity index (χ1v) is 6.63. The standard InChI is InChI=1S/C15H26N2/c1-14(2)12-17(11-7-10-16-3)13-15-8-5-4-6-9-15/h4-6,8-9,14,16H,7,10-13H2,1-3H3. The number of hydrogen-bond donors (Lipinski definition) is 1. The minimum atomic E-state index is 0.730. The lowest BCUT2D eigenvalue weighted by molar-refractivity contribution is 0.233. The summed E-state index contributed by atoms with van der Waals surface area (Å²) in [5.41, 5.74) is 1.41. The van der Waals surface area contributed by atoms with Crippen molar-refractivity contribution in [1.29, 1.82) is 0 Å². The summed E-state index contributed by atoms with van der Waals surface area (Å²) in [5, 5.41) is 3.21. The largest absolute Gasteiger partial charge is 0.320 e. The van der Waals surface area contributed by atoms with Crippen LogP contribution in [0, 0.1) is 5.92 Å². The van der Waals surface area contributed by atoms with Gasteiger partial charge in [0, 0.05) is 13.1 Å². The summed E-state index contributed by atoms with van der Waals surface area (Å²) < 4.78 is 0. The molecule has 0 heterocycles. The van der Waals surface area contributed by atoms with Gasteiger partial charge in [0.25, 0.3) is 0 Å². The third-order valence-corrected chi connectivity index (χ3v) is 2.77. The Hall–Kier alpha value is -0.860. The molecule has 96 valence electrons. The van der Waals surface area contributed by atoms with Gasteiger partial charge < -0.3 is 5.32 Å². The van der Waals surface area contributed by atoms with Gasteiger partial charge in [0.1, 0.15) is 0 Å². The summed E-state index contributed by atoms with van der Waals surface area (Å²) in [6.45, 7) is 9.10. The number of hydrogen-bond acceptors (Lipinski definition) is 2. The zero-order chi connectivity index (χ0) is 12.5. The van der Waals surface area contributed by atoms with Crippen LogP contribution in [0.1, 0.15) is 25.8 Å². The molecule has 2 nitrogen and oxygen atoms in total. The van der Waals surface area contributed by atoms with Crippen LogP contribution >= 0.6 is 0 Å². The van der Waals surface area contributed by atoms with Gasteiger partial charge in [0.2, 0.25) is 0 Å². The predicted molar refractivity (Wildman–Crippen MR) is 75.1 cm³/mol. The molecule has 0 aliphatic heterocycles. The minimum absolute atomic E-state index is 0.730. The van der Waals surface area contributed by atoms with E-state index in [4.69, 9.17) is 0 Å². The minimum Gasteiger partial charge on any atom is -0.320 e. The van der Waals surface area contributed by atoms with Gasteiger partial charge in [-0.15, -0.1) is 0 Å². The average Bonchev–Trinajstić information content (AvgIpc) is 2.30. The number of nitrogens with one attached hydrogen (secondary N) is 1. The second kappa shape index (κ2) is 8.26. The molecule has 1 rings (SSSR count). The van der Waals surface area contributed by atoms with E-state index in [-0.39, 0.29) is 0 Å². The van der Waals surface area contributed by atoms with Crippen LogP contribution in [-0.2, 0) is 6.54 Å². The van der Waals surface area contributed by atoms with Crippen molar-refractivity contribution in [3.63, 3.8) is 0 Å². The smallest absolute Gasteiger partial charge is 0.0233 e. The zero-order valence-corrected chi connectivity index (χ0v) is 11.4. The first-order chi connectivity index (χ1) is 8.22. The zero-order valence-electron chi connectivity index (χ0n) is 11.4. The Morgan fingerprint density at radius 3 is 2.47 bits per heavy atom. The molecule has 1 N–H and O–H groups in total. The van der Waals surface area contributed by atoms with E-state index in [1.807, 2.05) is 7.05 Å². The second-order valence-corrected chi connectivity index (χ2v) is 5.07. The number of nitrogens with zero attached hydrogens (tertiary/aromatic N) is 1. The molecule has 1 aromatic carbocycles. The highest BCUT2D eigenvalue weighted by Gasteiger charge is 2.07. The average molecular weight is 234 g/mol. The summed E-state index contributed by atoms with van der Waals surface area (Å²) in [6.07, 6.45) is 1.22. The molecule has 0 aromatic heterocycles. The van der Waals surface area contributed by atoms with E-state index in [1.54, 1.807) is 0 Å². The van der Waals surface area contributed by atoms with Gasteiger partial charge in [-0.1, -0.05) is 44.2 Å². The van der Waals surface area contributed by atoms with Crippen LogP contribution in [0.4, 0.5) is 0 Å². The highest BCUT2D eigenvalue weighted by molar-refractivity contribution is 5.14. The SMILES string of the molecule is CNCCCN(Cc1ccccc1)CC(C)C. The Kier molecular flexibility index (Phi) is 6.90. The van der Waals surface area contributed by atoms with Gasteiger partial charge in [-0.25, -0.2) is 0 Å². The van der Waals surface area contributed by atoms with Crippen molar-refractivity contribution in [2.24, 2.45) is 5.92 Å². The topological polar surface area (TPSA) is 15.3 Å². The molecule has 0 aliphatic rings. The third-order valence-electron chi connectivity index (χ3n) is 2.77. The highest BCUT2D eigenvalue weighted by Crippen LogP contribution is 2.07. The Labute approximate surface area is 106 Å². The fraction of sp³-hybridized carbons (Fsp3) is 0.600. The molecule has 1 aromatic rings. The van der Waals surface area contributed by atoms with Crippen molar-refractivity contribution in [2.75, 3.05) is 26.7 Å². The van der Waals surface area contributed by atoms with E-state index in [0.717, 1.165) is 19.0 Å². The van der Waals surface area contributed by atoms with E-state index in [9.17, 15) is 0 Å². The van der Waals surface area contributed by atoms with Gasteiger partial charge in [0.05, 0.1) is 0 Å². The van der Waals surface area contributed by atoms with E-state index in [1.165, 1.54) is 25.1 Å². The lowest BCUT2D eigenvalue weighted by Crippen LogP contribution is -2.30. The van der Waals surface area contributed by atoms with Gasteiger partial charge in [-0.3, -0.25) is 4.90 Å². The summed E-state index contributed by atoms with van der Waals surface area (Å²) in [7, 11) is 2.02. The van der Waals surface area contributed by atoms with E-state index in [2.05, 4.69) is 54.4 Å². The molecule has 17 heavy (non-hydrogen) atoms. The molecule has 0 fully saturated rings. The van der Waals surface area contributed by atoms with Crippen molar-refractivity contribution in [1.82, 2.24) is 10.2 Å². The van der Waals surface area contributed by atoms with Crippen LogP contribution in [0.5, 0.6) is 0 Å². The first-order valence-electron chi connectivity index (χ1n) is 6.63. The second-order valence-electron chi connectivity index (χ2n) is 5.07. The Balaban J connectivity index is 2.45. The van der Waals surface area contributed by atoms with Crippen molar-refractivity contribution < 1.29 is 0 Å². The molecular weight excluding hydrogens is 208 g/mol. The van der Waals surface area contributed by atoms with Crippen LogP contribution < -0.4 is 5.32 Å². The maximum atomic E-state index is 3.21. The molecule has 0 saturated carbocycles.